The average Bonchev–Trinajstić information content (AvgIpc) is 2.79. The number of methoxy groups -OCH3 is 1. The summed E-state index contributed by atoms with van der Waals surface area (Å²) in [6.45, 7) is 3.85. The summed E-state index contributed by atoms with van der Waals surface area (Å²) in [7, 11) is 1.59. The zero-order chi connectivity index (χ0) is 15.0. The standard InChI is InChI=1S/C15H15ClN4O/c1-8-6-11-14(17-8)18-9(2)19-15(11)20-10-4-5-13(21-3)12(16)7-10/h4-7H,1-3H3,(H2,17,18,19,20). The Morgan fingerprint density at radius 3 is 2.71 bits per heavy atom. The Bertz CT molecular complexity index is 813. The number of hydrogen-bond donors (Lipinski definition) is 2. The first-order valence-corrected chi connectivity index (χ1v) is 6.89. The van der Waals surface area contributed by atoms with Crippen LogP contribution in [0.2, 0.25) is 5.02 Å². The number of nitrogens with one attached hydrogen (secondary N) is 2. The molecule has 0 aliphatic carbocycles. The second-order valence-corrected chi connectivity index (χ2v) is 5.22. The zero-order valence-electron chi connectivity index (χ0n) is 12.0. The number of hydrogen-bond acceptors (Lipinski definition) is 4. The lowest BCUT2D eigenvalue weighted by atomic mass is 10.2. The zero-order valence-corrected chi connectivity index (χ0v) is 12.7. The number of benzene rings is 1. The lowest BCUT2D eigenvalue weighted by molar-refractivity contribution is 0.415. The Hall–Kier alpha value is -2.27. The maximum Gasteiger partial charge on any atom is 0.143 e. The summed E-state index contributed by atoms with van der Waals surface area (Å²) < 4.78 is 5.15. The lowest BCUT2D eigenvalue weighted by Gasteiger charge is -2.09. The molecule has 0 bridgehead atoms. The fourth-order valence-corrected chi connectivity index (χ4v) is 2.49. The van der Waals surface area contributed by atoms with Gasteiger partial charge in [0.25, 0.3) is 0 Å². The molecule has 6 heteroatoms. The van der Waals surface area contributed by atoms with Gasteiger partial charge in [-0.3, -0.25) is 0 Å². The second kappa shape index (κ2) is 5.26. The summed E-state index contributed by atoms with van der Waals surface area (Å²) in [5, 5.41) is 4.78. The highest BCUT2D eigenvalue weighted by molar-refractivity contribution is 6.32. The van der Waals surface area contributed by atoms with Gasteiger partial charge in [-0.1, -0.05) is 11.6 Å². The van der Waals surface area contributed by atoms with Gasteiger partial charge in [0.2, 0.25) is 0 Å². The van der Waals surface area contributed by atoms with E-state index < -0.39 is 0 Å². The van der Waals surface area contributed by atoms with Crippen LogP contribution in [-0.4, -0.2) is 22.1 Å². The van der Waals surface area contributed by atoms with Crippen molar-refractivity contribution in [3.63, 3.8) is 0 Å². The van der Waals surface area contributed by atoms with Crippen LogP contribution in [0.3, 0.4) is 0 Å². The number of nitrogens with zero attached hydrogens (tertiary/aromatic N) is 2. The van der Waals surface area contributed by atoms with Crippen LogP contribution < -0.4 is 10.1 Å². The number of fused-ring (bicyclic) bond motifs is 1. The molecular formula is C15H15ClN4O. The number of aromatic amines is 1. The highest BCUT2D eigenvalue weighted by Gasteiger charge is 2.09. The summed E-state index contributed by atoms with van der Waals surface area (Å²) in [5.74, 6) is 2.10. The molecule has 5 nitrogen and oxygen atoms in total. The summed E-state index contributed by atoms with van der Waals surface area (Å²) in [4.78, 5) is 12.1. The first-order chi connectivity index (χ1) is 10.1. The Balaban J connectivity index is 2.03. The minimum Gasteiger partial charge on any atom is -0.495 e. The number of aromatic nitrogens is 3. The Morgan fingerprint density at radius 1 is 1.19 bits per heavy atom. The molecule has 21 heavy (non-hydrogen) atoms. The third-order valence-corrected chi connectivity index (χ3v) is 3.44. The highest BCUT2D eigenvalue weighted by Crippen LogP contribution is 2.30. The van der Waals surface area contributed by atoms with Gasteiger partial charge in [-0.2, -0.15) is 0 Å². The molecule has 0 saturated carbocycles. The summed E-state index contributed by atoms with van der Waals surface area (Å²) >= 11 is 6.15. The minimum absolute atomic E-state index is 0.551. The second-order valence-electron chi connectivity index (χ2n) is 4.81. The van der Waals surface area contributed by atoms with E-state index >= 15 is 0 Å². The number of halogens is 1. The van der Waals surface area contributed by atoms with E-state index in [1.54, 1.807) is 7.11 Å². The third kappa shape index (κ3) is 2.64. The van der Waals surface area contributed by atoms with Crippen molar-refractivity contribution in [3.8, 4) is 5.75 Å². The van der Waals surface area contributed by atoms with Crippen molar-refractivity contribution >= 4 is 34.1 Å². The fourth-order valence-electron chi connectivity index (χ4n) is 2.23. The number of aryl methyl sites for hydroxylation is 2. The molecule has 0 aliphatic heterocycles. The average molecular weight is 303 g/mol. The van der Waals surface area contributed by atoms with Crippen molar-refractivity contribution in [1.29, 1.82) is 0 Å². The van der Waals surface area contributed by atoms with Crippen LogP contribution in [0.1, 0.15) is 11.5 Å². The van der Waals surface area contributed by atoms with Crippen LogP contribution >= 0.6 is 11.6 Å². The maximum absolute atomic E-state index is 6.15. The predicted molar refractivity (Wildman–Crippen MR) is 84.6 cm³/mol. The van der Waals surface area contributed by atoms with Crippen LogP contribution in [0.15, 0.2) is 24.3 Å². The largest absolute Gasteiger partial charge is 0.495 e. The van der Waals surface area contributed by atoms with Crippen LogP contribution in [-0.2, 0) is 0 Å². The van der Waals surface area contributed by atoms with E-state index in [9.17, 15) is 0 Å². The Morgan fingerprint density at radius 2 is 2.00 bits per heavy atom. The molecule has 2 aromatic heterocycles. The summed E-state index contributed by atoms with van der Waals surface area (Å²) in [6, 6.07) is 7.54. The number of H-pyrrole nitrogens is 1. The van der Waals surface area contributed by atoms with Gasteiger partial charge in [0, 0.05) is 11.4 Å². The van der Waals surface area contributed by atoms with Gasteiger partial charge in [0.05, 0.1) is 17.5 Å². The smallest absolute Gasteiger partial charge is 0.143 e. The molecule has 3 aromatic rings. The molecule has 1 aromatic carbocycles. The normalized spacial score (nSPS) is 10.9. The van der Waals surface area contributed by atoms with Crippen LogP contribution in [0.4, 0.5) is 11.5 Å². The Kier molecular flexibility index (Phi) is 3.43. The molecule has 0 atom stereocenters. The Labute approximate surface area is 127 Å². The first kappa shape index (κ1) is 13.7. The van der Waals surface area contributed by atoms with E-state index in [1.165, 1.54) is 0 Å². The van der Waals surface area contributed by atoms with Gasteiger partial charge >= 0.3 is 0 Å². The molecule has 0 radical (unpaired) electrons. The molecule has 0 fully saturated rings. The van der Waals surface area contributed by atoms with Gasteiger partial charge in [-0.05, 0) is 38.1 Å². The van der Waals surface area contributed by atoms with Crippen molar-refractivity contribution in [3.05, 3.63) is 40.8 Å². The number of anilines is 2. The van der Waals surface area contributed by atoms with Crippen molar-refractivity contribution < 1.29 is 4.74 Å². The van der Waals surface area contributed by atoms with Gasteiger partial charge in [0.1, 0.15) is 23.0 Å². The lowest BCUT2D eigenvalue weighted by Crippen LogP contribution is -1.98. The molecule has 0 saturated heterocycles. The molecular weight excluding hydrogens is 288 g/mol. The van der Waals surface area contributed by atoms with Gasteiger partial charge in [-0.15, -0.1) is 0 Å². The van der Waals surface area contributed by atoms with Gasteiger partial charge in [-0.25, -0.2) is 9.97 Å². The number of ether oxygens (including phenoxy) is 1. The van der Waals surface area contributed by atoms with Crippen molar-refractivity contribution in [2.75, 3.05) is 12.4 Å². The monoisotopic (exact) mass is 302 g/mol. The van der Waals surface area contributed by atoms with E-state index in [-0.39, 0.29) is 0 Å². The van der Waals surface area contributed by atoms with Crippen molar-refractivity contribution in [2.45, 2.75) is 13.8 Å². The van der Waals surface area contributed by atoms with Crippen molar-refractivity contribution in [1.82, 2.24) is 15.0 Å². The fraction of sp³-hybridized carbons (Fsp3) is 0.200. The molecule has 0 amide bonds. The predicted octanol–water partition coefficient (Wildman–Crippen LogP) is 3.98. The third-order valence-electron chi connectivity index (χ3n) is 3.15. The SMILES string of the molecule is COc1ccc(Nc2nc(C)nc3[nH]c(C)cc23)cc1Cl. The van der Waals surface area contributed by atoms with E-state index in [0.717, 1.165) is 28.2 Å². The van der Waals surface area contributed by atoms with E-state index in [1.807, 2.05) is 38.1 Å². The van der Waals surface area contributed by atoms with Crippen LogP contribution in [0, 0.1) is 13.8 Å². The van der Waals surface area contributed by atoms with Crippen LogP contribution in [0.25, 0.3) is 11.0 Å². The molecule has 0 aliphatic rings. The van der Waals surface area contributed by atoms with Gasteiger partial charge in [0.15, 0.2) is 0 Å². The maximum atomic E-state index is 6.15. The number of rotatable bonds is 3. The van der Waals surface area contributed by atoms with Crippen molar-refractivity contribution in [2.24, 2.45) is 0 Å². The van der Waals surface area contributed by atoms with E-state index in [2.05, 4.69) is 20.3 Å². The molecule has 3 rings (SSSR count). The van der Waals surface area contributed by atoms with E-state index in [4.69, 9.17) is 16.3 Å². The summed E-state index contributed by atoms with van der Waals surface area (Å²) in [5.41, 5.74) is 2.71. The highest BCUT2D eigenvalue weighted by atomic mass is 35.5. The first-order valence-electron chi connectivity index (χ1n) is 6.51. The van der Waals surface area contributed by atoms with E-state index in [0.29, 0.717) is 16.6 Å². The van der Waals surface area contributed by atoms with Gasteiger partial charge < -0.3 is 15.0 Å². The topological polar surface area (TPSA) is 62.8 Å². The molecule has 108 valence electrons. The quantitative estimate of drug-likeness (QED) is 0.768. The van der Waals surface area contributed by atoms with Crippen LogP contribution in [0.5, 0.6) is 5.75 Å². The summed E-state index contributed by atoms with van der Waals surface area (Å²) in [6.07, 6.45) is 0. The molecule has 2 heterocycles. The molecule has 0 spiro atoms. The minimum atomic E-state index is 0.551. The molecule has 0 unspecified atom stereocenters. The molecule has 2 N–H and O–H groups in total.